The van der Waals surface area contributed by atoms with Crippen LogP contribution in [0.5, 0.6) is 0 Å². The zero-order chi connectivity index (χ0) is 10.3. The third-order valence-electron chi connectivity index (χ3n) is 3.19. The Labute approximate surface area is 93.6 Å². The van der Waals surface area contributed by atoms with E-state index in [1.807, 2.05) is 6.07 Å². The molecule has 0 bridgehead atoms. The molecule has 0 saturated carbocycles. The van der Waals surface area contributed by atoms with Crippen LogP contribution in [0.3, 0.4) is 0 Å². The van der Waals surface area contributed by atoms with Gasteiger partial charge in [0.25, 0.3) is 0 Å². The van der Waals surface area contributed by atoms with Crippen molar-refractivity contribution in [1.29, 1.82) is 0 Å². The maximum absolute atomic E-state index is 5.88. The predicted molar refractivity (Wildman–Crippen MR) is 60.5 cm³/mol. The summed E-state index contributed by atoms with van der Waals surface area (Å²) in [4.78, 5) is 2.41. The fraction of sp³-hybridized carbons (Fsp3) is 0.600. The van der Waals surface area contributed by atoms with Crippen LogP contribution in [0, 0.1) is 0 Å². The van der Waals surface area contributed by atoms with Gasteiger partial charge in [0, 0.05) is 25.2 Å². The Bertz CT molecular complexity index is 382. The lowest BCUT2D eigenvalue weighted by atomic mass is 9.99. The van der Waals surface area contributed by atoms with E-state index in [-0.39, 0.29) is 0 Å². The molecule has 2 aliphatic rings. The van der Waals surface area contributed by atoms with E-state index in [0.29, 0.717) is 11.2 Å². The Kier molecular flexibility index (Phi) is 2.16. The molecule has 1 unspecified atom stereocenters. The Morgan fingerprint density at radius 1 is 1.40 bits per heavy atom. The second-order valence-electron chi connectivity index (χ2n) is 4.12. The van der Waals surface area contributed by atoms with E-state index >= 15 is 0 Å². The van der Waals surface area contributed by atoms with Gasteiger partial charge in [-0.05, 0) is 19.3 Å². The first-order valence-electron chi connectivity index (χ1n) is 5.38. The summed E-state index contributed by atoms with van der Waals surface area (Å²) in [5.41, 5.74) is 1.12. The molecular weight excluding hydrogens is 212 g/mol. The lowest BCUT2D eigenvalue weighted by molar-refractivity contribution is 0.464. The molecule has 0 aliphatic carbocycles. The van der Waals surface area contributed by atoms with Crippen LogP contribution in [0.15, 0.2) is 6.07 Å². The predicted octanol–water partition coefficient (Wildman–Crippen LogP) is 1.91. The maximum atomic E-state index is 5.88. The van der Waals surface area contributed by atoms with Crippen molar-refractivity contribution in [3.05, 3.63) is 11.2 Å². The van der Waals surface area contributed by atoms with Crippen LogP contribution in [0.4, 0.5) is 11.5 Å². The van der Waals surface area contributed by atoms with E-state index in [9.17, 15) is 0 Å². The highest BCUT2D eigenvalue weighted by Gasteiger charge is 2.29. The molecule has 5 heteroatoms. The van der Waals surface area contributed by atoms with Crippen LogP contribution in [0.1, 0.15) is 19.3 Å². The van der Waals surface area contributed by atoms with E-state index in [1.165, 1.54) is 19.3 Å². The smallest absolute Gasteiger partial charge is 0.172 e. The van der Waals surface area contributed by atoms with Crippen molar-refractivity contribution in [3.8, 4) is 0 Å². The summed E-state index contributed by atoms with van der Waals surface area (Å²) >= 11 is 5.88. The first kappa shape index (κ1) is 9.21. The number of hydrogen-bond donors (Lipinski definition) is 1. The summed E-state index contributed by atoms with van der Waals surface area (Å²) in [5.74, 6) is 0.873. The molecule has 1 fully saturated rings. The molecular formula is C10H13ClN4. The van der Waals surface area contributed by atoms with Crippen molar-refractivity contribution in [2.24, 2.45) is 0 Å². The van der Waals surface area contributed by atoms with Crippen molar-refractivity contribution >= 4 is 23.1 Å². The minimum Gasteiger partial charge on any atom is -0.365 e. The highest BCUT2D eigenvalue weighted by Crippen LogP contribution is 2.34. The van der Waals surface area contributed by atoms with Gasteiger partial charge < -0.3 is 10.2 Å². The fourth-order valence-electron chi connectivity index (χ4n) is 2.45. The van der Waals surface area contributed by atoms with Gasteiger partial charge in [-0.3, -0.25) is 0 Å². The zero-order valence-electron chi connectivity index (χ0n) is 8.41. The largest absolute Gasteiger partial charge is 0.365 e. The molecule has 0 amide bonds. The summed E-state index contributed by atoms with van der Waals surface area (Å²) in [6.07, 6.45) is 3.84. The van der Waals surface area contributed by atoms with Gasteiger partial charge in [0.05, 0.1) is 5.69 Å². The number of anilines is 2. The highest BCUT2D eigenvalue weighted by molar-refractivity contribution is 6.29. The topological polar surface area (TPSA) is 41.1 Å². The molecule has 3 rings (SSSR count). The van der Waals surface area contributed by atoms with E-state index in [4.69, 9.17) is 11.6 Å². The lowest BCUT2D eigenvalue weighted by Crippen LogP contribution is -2.47. The zero-order valence-corrected chi connectivity index (χ0v) is 9.17. The first-order valence-corrected chi connectivity index (χ1v) is 5.76. The van der Waals surface area contributed by atoms with Crippen LogP contribution in [0.25, 0.3) is 0 Å². The Morgan fingerprint density at radius 2 is 2.33 bits per heavy atom. The number of halogens is 1. The highest BCUT2D eigenvalue weighted by atomic mass is 35.5. The maximum Gasteiger partial charge on any atom is 0.172 e. The molecule has 2 aliphatic heterocycles. The van der Waals surface area contributed by atoms with Crippen molar-refractivity contribution in [2.75, 3.05) is 23.3 Å². The van der Waals surface area contributed by atoms with Gasteiger partial charge in [-0.1, -0.05) is 11.6 Å². The van der Waals surface area contributed by atoms with Crippen molar-refractivity contribution in [3.63, 3.8) is 0 Å². The van der Waals surface area contributed by atoms with E-state index < -0.39 is 0 Å². The molecule has 15 heavy (non-hydrogen) atoms. The molecule has 4 nitrogen and oxygen atoms in total. The standard InChI is InChI=1S/C10H13ClN4/c11-9-5-8-10(14-13-9)12-6-7-3-1-2-4-15(7)8/h5,7H,1-4,6H2,(H,12,14). The van der Waals surface area contributed by atoms with Crippen LogP contribution in [-0.2, 0) is 0 Å². The van der Waals surface area contributed by atoms with Crippen molar-refractivity contribution in [2.45, 2.75) is 25.3 Å². The average Bonchev–Trinajstić information content (AvgIpc) is 2.29. The third-order valence-corrected chi connectivity index (χ3v) is 3.37. The van der Waals surface area contributed by atoms with Gasteiger partial charge in [0.2, 0.25) is 0 Å². The van der Waals surface area contributed by atoms with Crippen LogP contribution in [-0.4, -0.2) is 29.3 Å². The SMILES string of the molecule is Clc1cc2c(nn1)NCC1CCCCN21. The van der Waals surface area contributed by atoms with Gasteiger partial charge in [-0.25, -0.2) is 0 Å². The molecule has 0 radical (unpaired) electrons. The van der Waals surface area contributed by atoms with E-state index in [1.54, 1.807) is 0 Å². The lowest BCUT2D eigenvalue weighted by Gasteiger charge is -2.41. The number of rotatable bonds is 0. The quantitative estimate of drug-likeness (QED) is 0.731. The average molecular weight is 225 g/mol. The summed E-state index contributed by atoms with van der Waals surface area (Å²) < 4.78 is 0. The number of nitrogens with one attached hydrogen (secondary N) is 1. The molecule has 0 spiro atoms. The summed E-state index contributed by atoms with van der Waals surface area (Å²) in [6.45, 7) is 2.09. The molecule has 80 valence electrons. The van der Waals surface area contributed by atoms with Crippen LogP contribution >= 0.6 is 11.6 Å². The second-order valence-corrected chi connectivity index (χ2v) is 4.51. The van der Waals surface area contributed by atoms with Gasteiger partial charge in [0.1, 0.15) is 0 Å². The van der Waals surface area contributed by atoms with E-state index in [2.05, 4.69) is 20.4 Å². The molecule has 1 saturated heterocycles. The molecule has 0 aromatic carbocycles. The van der Waals surface area contributed by atoms with Crippen LogP contribution < -0.4 is 10.2 Å². The Balaban J connectivity index is 2.01. The minimum atomic E-state index is 0.474. The normalized spacial score (nSPS) is 24.1. The van der Waals surface area contributed by atoms with Gasteiger partial charge >= 0.3 is 0 Å². The Morgan fingerprint density at radius 3 is 3.27 bits per heavy atom. The number of fused-ring (bicyclic) bond motifs is 3. The van der Waals surface area contributed by atoms with E-state index in [0.717, 1.165) is 24.6 Å². The second kappa shape index (κ2) is 3.52. The number of piperidine rings is 1. The molecule has 1 atom stereocenters. The molecule has 1 aromatic heterocycles. The van der Waals surface area contributed by atoms with Crippen LogP contribution in [0.2, 0.25) is 5.15 Å². The third kappa shape index (κ3) is 1.53. The number of aromatic nitrogens is 2. The monoisotopic (exact) mass is 224 g/mol. The van der Waals surface area contributed by atoms with Gasteiger partial charge in [-0.15, -0.1) is 10.2 Å². The Hall–Kier alpha value is -1.03. The van der Waals surface area contributed by atoms with Crippen molar-refractivity contribution in [1.82, 2.24) is 10.2 Å². The van der Waals surface area contributed by atoms with Gasteiger partial charge in [-0.2, -0.15) is 0 Å². The molecule has 1 aromatic rings. The minimum absolute atomic E-state index is 0.474. The summed E-state index contributed by atoms with van der Waals surface area (Å²) in [7, 11) is 0. The van der Waals surface area contributed by atoms with Gasteiger partial charge in [0.15, 0.2) is 11.0 Å². The molecule has 1 N–H and O–H groups in total. The molecule has 3 heterocycles. The number of nitrogens with zero attached hydrogens (tertiary/aromatic N) is 3. The van der Waals surface area contributed by atoms with Crippen molar-refractivity contribution < 1.29 is 0 Å². The summed E-state index contributed by atoms with van der Waals surface area (Å²) in [6, 6.07) is 2.51. The summed E-state index contributed by atoms with van der Waals surface area (Å²) in [5, 5.41) is 11.7. The number of hydrogen-bond acceptors (Lipinski definition) is 4. The fourth-order valence-corrected chi connectivity index (χ4v) is 2.59. The first-order chi connectivity index (χ1) is 7.34.